The molecule has 0 bridgehead atoms. The Balaban J connectivity index is 1.66. The predicted molar refractivity (Wildman–Crippen MR) is 88.5 cm³/mol. The van der Waals surface area contributed by atoms with Crippen LogP contribution in [0.5, 0.6) is 5.75 Å². The Kier molecular flexibility index (Phi) is 4.29. The summed E-state index contributed by atoms with van der Waals surface area (Å²) in [7, 11) is 0. The number of likely N-dealkylation sites (N-methyl/N-ethyl adjacent to an activating group) is 1. The van der Waals surface area contributed by atoms with Gasteiger partial charge in [0, 0.05) is 25.3 Å². The summed E-state index contributed by atoms with van der Waals surface area (Å²) in [5, 5.41) is 3.40. The van der Waals surface area contributed by atoms with E-state index in [4.69, 9.17) is 4.74 Å². The highest BCUT2D eigenvalue weighted by Gasteiger charge is 2.10. The Bertz CT molecular complexity index is 583. The van der Waals surface area contributed by atoms with Gasteiger partial charge in [-0.2, -0.15) is 0 Å². The van der Waals surface area contributed by atoms with Gasteiger partial charge < -0.3 is 15.0 Å². The lowest BCUT2D eigenvalue weighted by Crippen LogP contribution is -2.25. The summed E-state index contributed by atoms with van der Waals surface area (Å²) in [6, 6.07) is 17.1. The highest BCUT2D eigenvalue weighted by Crippen LogP contribution is 2.28. The van der Waals surface area contributed by atoms with Gasteiger partial charge >= 0.3 is 0 Å². The van der Waals surface area contributed by atoms with Crippen LogP contribution in [0.15, 0.2) is 48.5 Å². The molecule has 21 heavy (non-hydrogen) atoms. The molecule has 110 valence electrons. The van der Waals surface area contributed by atoms with Crippen LogP contribution in [0.4, 0.5) is 11.4 Å². The first-order chi connectivity index (χ1) is 10.4. The van der Waals surface area contributed by atoms with E-state index in [9.17, 15) is 0 Å². The van der Waals surface area contributed by atoms with Crippen molar-refractivity contribution in [3.63, 3.8) is 0 Å². The topological polar surface area (TPSA) is 24.5 Å². The third kappa shape index (κ3) is 3.30. The predicted octanol–water partition coefficient (Wildman–Crippen LogP) is 3.56. The monoisotopic (exact) mass is 282 g/mol. The molecule has 1 aliphatic heterocycles. The van der Waals surface area contributed by atoms with Crippen LogP contribution in [0.25, 0.3) is 0 Å². The molecule has 1 N–H and O–H groups in total. The van der Waals surface area contributed by atoms with Gasteiger partial charge in [-0.3, -0.25) is 0 Å². The van der Waals surface area contributed by atoms with Gasteiger partial charge in [-0.05, 0) is 43.2 Å². The summed E-state index contributed by atoms with van der Waals surface area (Å²) in [4.78, 5) is 2.41. The van der Waals surface area contributed by atoms with Gasteiger partial charge in [-0.1, -0.05) is 24.3 Å². The van der Waals surface area contributed by atoms with Crippen molar-refractivity contribution in [3.05, 3.63) is 54.1 Å². The average Bonchev–Trinajstić information content (AvgIpc) is 2.56. The van der Waals surface area contributed by atoms with E-state index in [1.807, 2.05) is 0 Å². The first-order valence-corrected chi connectivity index (χ1v) is 7.66. The molecule has 1 aliphatic rings. The number of rotatable bonds is 5. The first kappa shape index (κ1) is 13.8. The van der Waals surface area contributed by atoms with E-state index in [1.54, 1.807) is 0 Å². The van der Waals surface area contributed by atoms with Crippen LogP contribution in [0.1, 0.15) is 12.5 Å². The molecule has 0 radical (unpaired) electrons. The second-order valence-corrected chi connectivity index (χ2v) is 5.27. The van der Waals surface area contributed by atoms with E-state index < -0.39 is 0 Å². The summed E-state index contributed by atoms with van der Waals surface area (Å²) >= 11 is 0. The molecule has 0 saturated heterocycles. The molecule has 2 aromatic carbocycles. The molecule has 2 aromatic rings. The van der Waals surface area contributed by atoms with Crippen molar-refractivity contribution in [1.82, 2.24) is 0 Å². The molecule has 0 spiro atoms. The van der Waals surface area contributed by atoms with Gasteiger partial charge in [0.1, 0.15) is 12.4 Å². The normalized spacial score (nSPS) is 13.0. The van der Waals surface area contributed by atoms with Crippen molar-refractivity contribution in [3.8, 4) is 5.75 Å². The van der Waals surface area contributed by atoms with Gasteiger partial charge in [0.2, 0.25) is 0 Å². The second kappa shape index (κ2) is 6.53. The summed E-state index contributed by atoms with van der Waals surface area (Å²) < 4.78 is 5.62. The molecule has 0 unspecified atom stereocenters. The van der Waals surface area contributed by atoms with Crippen LogP contribution in [0.3, 0.4) is 0 Å². The number of benzene rings is 2. The smallest absolute Gasteiger partial charge is 0.142 e. The van der Waals surface area contributed by atoms with Gasteiger partial charge in [-0.15, -0.1) is 0 Å². The van der Waals surface area contributed by atoms with Crippen LogP contribution >= 0.6 is 0 Å². The van der Waals surface area contributed by atoms with E-state index in [0.717, 1.165) is 44.1 Å². The fourth-order valence-electron chi connectivity index (χ4n) is 2.72. The maximum absolute atomic E-state index is 5.62. The molecule has 3 nitrogen and oxygen atoms in total. The summed E-state index contributed by atoms with van der Waals surface area (Å²) in [6.07, 6.45) is 1.04. The number of fused-ring (bicyclic) bond motifs is 1. The van der Waals surface area contributed by atoms with Crippen molar-refractivity contribution in [2.45, 2.75) is 13.3 Å². The maximum Gasteiger partial charge on any atom is 0.142 e. The Morgan fingerprint density at radius 2 is 2.00 bits per heavy atom. The summed E-state index contributed by atoms with van der Waals surface area (Å²) in [5.41, 5.74) is 3.77. The zero-order valence-corrected chi connectivity index (χ0v) is 12.5. The Morgan fingerprint density at radius 3 is 2.81 bits per heavy atom. The van der Waals surface area contributed by atoms with Crippen LogP contribution < -0.4 is 15.0 Å². The summed E-state index contributed by atoms with van der Waals surface area (Å²) in [6.45, 7) is 5.90. The number of nitrogens with zero attached hydrogens (tertiary/aromatic N) is 1. The average molecular weight is 282 g/mol. The lowest BCUT2D eigenvalue weighted by molar-refractivity contribution is 0.323. The minimum absolute atomic E-state index is 0.754. The zero-order chi connectivity index (χ0) is 14.5. The molecule has 0 aromatic heterocycles. The van der Waals surface area contributed by atoms with Crippen LogP contribution in [-0.2, 0) is 6.42 Å². The van der Waals surface area contributed by atoms with E-state index >= 15 is 0 Å². The number of nitrogens with one attached hydrogen (secondary N) is 1. The SMILES string of the molecule is CCN(CCc1ccc2c(c1)NCCO2)c1ccccc1. The van der Waals surface area contributed by atoms with Crippen LogP contribution in [-0.4, -0.2) is 26.2 Å². The summed E-state index contributed by atoms with van der Waals surface area (Å²) in [5.74, 6) is 0.973. The molecule has 0 aliphatic carbocycles. The number of ether oxygens (including phenoxy) is 1. The van der Waals surface area contributed by atoms with E-state index in [0.29, 0.717) is 0 Å². The van der Waals surface area contributed by atoms with Crippen LogP contribution in [0.2, 0.25) is 0 Å². The first-order valence-electron chi connectivity index (χ1n) is 7.66. The number of anilines is 2. The third-order valence-electron chi connectivity index (χ3n) is 3.89. The van der Waals surface area contributed by atoms with Gasteiger partial charge in [0.05, 0.1) is 5.69 Å². The Morgan fingerprint density at radius 1 is 1.14 bits per heavy atom. The highest BCUT2D eigenvalue weighted by atomic mass is 16.5. The quantitative estimate of drug-likeness (QED) is 0.907. The molecular formula is C18H22N2O. The van der Waals surface area contributed by atoms with Crippen molar-refractivity contribution in [2.24, 2.45) is 0 Å². The van der Waals surface area contributed by atoms with E-state index in [-0.39, 0.29) is 0 Å². The number of hydrogen-bond acceptors (Lipinski definition) is 3. The lowest BCUT2D eigenvalue weighted by atomic mass is 10.1. The molecule has 3 rings (SSSR count). The van der Waals surface area contributed by atoms with Crippen molar-refractivity contribution in [2.75, 3.05) is 36.5 Å². The minimum atomic E-state index is 0.754. The van der Waals surface area contributed by atoms with Crippen molar-refractivity contribution in [1.29, 1.82) is 0 Å². The maximum atomic E-state index is 5.62. The number of para-hydroxylation sites is 1. The largest absolute Gasteiger partial charge is 0.490 e. The van der Waals surface area contributed by atoms with E-state index in [1.165, 1.54) is 11.3 Å². The lowest BCUT2D eigenvalue weighted by Gasteiger charge is -2.24. The highest BCUT2D eigenvalue weighted by molar-refractivity contribution is 5.59. The molecule has 1 heterocycles. The third-order valence-corrected chi connectivity index (χ3v) is 3.89. The van der Waals surface area contributed by atoms with Gasteiger partial charge in [0.15, 0.2) is 0 Å². The molecular weight excluding hydrogens is 260 g/mol. The molecule has 0 amide bonds. The standard InChI is InChI=1S/C18H22N2O/c1-2-20(16-6-4-3-5-7-16)12-10-15-8-9-18-17(14-15)19-11-13-21-18/h3-9,14,19H,2,10-13H2,1H3. The fourth-order valence-corrected chi connectivity index (χ4v) is 2.72. The molecule has 0 fully saturated rings. The second-order valence-electron chi connectivity index (χ2n) is 5.27. The Hall–Kier alpha value is -2.16. The number of hydrogen-bond donors (Lipinski definition) is 1. The Labute approximate surface area is 126 Å². The molecule has 0 saturated carbocycles. The van der Waals surface area contributed by atoms with E-state index in [2.05, 4.69) is 65.7 Å². The molecule has 0 atom stereocenters. The van der Waals surface area contributed by atoms with Gasteiger partial charge in [0.25, 0.3) is 0 Å². The zero-order valence-electron chi connectivity index (χ0n) is 12.5. The van der Waals surface area contributed by atoms with Gasteiger partial charge in [-0.25, -0.2) is 0 Å². The minimum Gasteiger partial charge on any atom is -0.490 e. The van der Waals surface area contributed by atoms with Crippen LogP contribution in [0, 0.1) is 0 Å². The van der Waals surface area contributed by atoms with Crippen molar-refractivity contribution >= 4 is 11.4 Å². The molecule has 3 heteroatoms. The van der Waals surface area contributed by atoms with Crippen molar-refractivity contribution < 1.29 is 4.74 Å². The fraction of sp³-hybridized carbons (Fsp3) is 0.333.